The molecule has 4 rings (SSSR count). The molecule has 1 saturated carbocycles. The molecular formula is C19H19NO3. The Morgan fingerprint density at radius 3 is 2.70 bits per heavy atom. The van der Waals surface area contributed by atoms with E-state index in [1.165, 1.54) is 0 Å². The number of benzene rings is 2. The van der Waals surface area contributed by atoms with Gasteiger partial charge in [0.15, 0.2) is 5.78 Å². The lowest BCUT2D eigenvalue weighted by molar-refractivity contribution is -0.128. The quantitative estimate of drug-likeness (QED) is 0.895. The normalized spacial score (nSPS) is 26.8. The van der Waals surface area contributed by atoms with Crippen molar-refractivity contribution in [2.45, 2.75) is 31.3 Å². The minimum Gasteiger partial charge on any atom is -0.393 e. The first-order chi connectivity index (χ1) is 11.1. The topological polar surface area (TPSA) is 66.4 Å². The van der Waals surface area contributed by atoms with Gasteiger partial charge in [0.2, 0.25) is 0 Å². The SMILES string of the molecule is CNc1ccc2c3c(cccc13)C(=O)C2C1CCC(O)CC1=O. The van der Waals surface area contributed by atoms with E-state index in [-0.39, 0.29) is 29.8 Å². The second kappa shape index (κ2) is 5.17. The highest BCUT2D eigenvalue weighted by atomic mass is 16.3. The Hall–Kier alpha value is -2.20. The molecular weight excluding hydrogens is 290 g/mol. The first-order valence-corrected chi connectivity index (χ1v) is 8.10. The Kier molecular flexibility index (Phi) is 3.23. The predicted molar refractivity (Wildman–Crippen MR) is 88.9 cm³/mol. The highest BCUT2D eigenvalue weighted by Gasteiger charge is 2.43. The summed E-state index contributed by atoms with van der Waals surface area (Å²) in [6, 6.07) is 9.72. The molecule has 23 heavy (non-hydrogen) atoms. The van der Waals surface area contributed by atoms with E-state index in [0.717, 1.165) is 27.6 Å². The van der Waals surface area contributed by atoms with Crippen LogP contribution in [-0.4, -0.2) is 29.8 Å². The van der Waals surface area contributed by atoms with Gasteiger partial charge in [-0.1, -0.05) is 24.3 Å². The lowest BCUT2D eigenvalue weighted by Crippen LogP contribution is -2.33. The van der Waals surface area contributed by atoms with Gasteiger partial charge in [0.05, 0.1) is 12.0 Å². The highest BCUT2D eigenvalue weighted by Crippen LogP contribution is 2.46. The Balaban J connectivity index is 1.87. The van der Waals surface area contributed by atoms with Crippen LogP contribution in [0, 0.1) is 5.92 Å². The van der Waals surface area contributed by atoms with Crippen LogP contribution in [0.5, 0.6) is 0 Å². The number of nitrogens with one attached hydrogen (secondary N) is 1. The Bertz CT molecular complexity index is 827. The standard InChI is InChI=1S/C19H19NO3/c1-20-15-8-7-13-17-11(15)3-2-4-14(17)19(23)18(13)12-6-5-10(21)9-16(12)22/h2-4,7-8,10,12,18,20-21H,5-6,9H2,1H3. The second-order valence-corrected chi connectivity index (χ2v) is 6.53. The minimum absolute atomic E-state index is 0.0146. The van der Waals surface area contributed by atoms with Crippen molar-refractivity contribution >= 4 is 28.0 Å². The minimum atomic E-state index is -0.552. The fourth-order valence-corrected chi connectivity index (χ4v) is 4.20. The van der Waals surface area contributed by atoms with Gasteiger partial charge in [-0.2, -0.15) is 0 Å². The van der Waals surface area contributed by atoms with E-state index >= 15 is 0 Å². The Morgan fingerprint density at radius 2 is 1.96 bits per heavy atom. The predicted octanol–water partition coefficient (Wildman–Crippen LogP) is 2.89. The van der Waals surface area contributed by atoms with Crippen molar-refractivity contribution in [3.63, 3.8) is 0 Å². The van der Waals surface area contributed by atoms with Crippen LogP contribution in [0.4, 0.5) is 5.69 Å². The third kappa shape index (κ3) is 2.01. The Labute approximate surface area is 134 Å². The average molecular weight is 309 g/mol. The van der Waals surface area contributed by atoms with Crippen LogP contribution in [0.15, 0.2) is 30.3 Å². The summed E-state index contributed by atoms with van der Waals surface area (Å²) in [5.41, 5.74) is 2.68. The summed E-state index contributed by atoms with van der Waals surface area (Å²) in [6.45, 7) is 0. The molecule has 118 valence electrons. The number of aliphatic hydroxyl groups excluding tert-OH is 1. The van der Waals surface area contributed by atoms with Crippen LogP contribution in [0.3, 0.4) is 0 Å². The van der Waals surface area contributed by atoms with Crippen molar-refractivity contribution < 1.29 is 14.7 Å². The fraction of sp³-hybridized carbons (Fsp3) is 0.368. The molecule has 0 aliphatic heterocycles. The molecule has 2 aliphatic carbocycles. The lowest BCUT2D eigenvalue weighted by atomic mass is 9.75. The second-order valence-electron chi connectivity index (χ2n) is 6.53. The largest absolute Gasteiger partial charge is 0.393 e. The number of Topliss-reactive ketones (excluding diaryl/α,β-unsaturated/α-hetero) is 2. The van der Waals surface area contributed by atoms with Gasteiger partial charge in [-0.15, -0.1) is 0 Å². The first kappa shape index (κ1) is 14.4. The van der Waals surface area contributed by atoms with E-state index in [0.29, 0.717) is 12.8 Å². The van der Waals surface area contributed by atoms with Crippen molar-refractivity contribution in [3.8, 4) is 0 Å². The van der Waals surface area contributed by atoms with E-state index < -0.39 is 6.10 Å². The maximum Gasteiger partial charge on any atom is 0.171 e. The van der Waals surface area contributed by atoms with Crippen LogP contribution in [0.2, 0.25) is 0 Å². The molecule has 2 aromatic carbocycles. The number of rotatable bonds is 2. The molecule has 4 nitrogen and oxygen atoms in total. The van der Waals surface area contributed by atoms with Gasteiger partial charge in [-0.3, -0.25) is 9.59 Å². The van der Waals surface area contributed by atoms with Crippen molar-refractivity contribution in [2.24, 2.45) is 5.92 Å². The van der Waals surface area contributed by atoms with Gasteiger partial charge >= 0.3 is 0 Å². The maximum absolute atomic E-state index is 13.0. The molecule has 3 atom stereocenters. The zero-order valence-electron chi connectivity index (χ0n) is 13.0. The average Bonchev–Trinajstić information content (AvgIpc) is 2.83. The van der Waals surface area contributed by atoms with Crippen LogP contribution in [0.1, 0.15) is 41.1 Å². The molecule has 2 N–H and O–H groups in total. The van der Waals surface area contributed by atoms with Gasteiger partial charge < -0.3 is 10.4 Å². The summed E-state index contributed by atoms with van der Waals surface area (Å²) >= 11 is 0. The van der Waals surface area contributed by atoms with Crippen molar-refractivity contribution in [3.05, 3.63) is 41.5 Å². The number of aliphatic hydroxyl groups is 1. The van der Waals surface area contributed by atoms with Crippen LogP contribution < -0.4 is 5.32 Å². The third-order valence-electron chi connectivity index (χ3n) is 5.29. The number of anilines is 1. The van der Waals surface area contributed by atoms with E-state index in [1.807, 2.05) is 37.4 Å². The molecule has 2 aromatic rings. The molecule has 0 heterocycles. The molecule has 4 heteroatoms. The molecule has 0 aromatic heterocycles. The number of hydrogen-bond donors (Lipinski definition) is 2. The lowest BCUT2D eigenvalue weighted by Gasteiger charge is -2.28. The van der Waals surface area contributed by atoms with Crippen molar-refractivity contribution in [1.29, 1.82) is 0 Å². The van der Waals surface area contributed by atoms with Gasteiger partial charge in [0, 0.05) is 36.0 Å². The van der Waals surface area contributed by atoms with E-state index in [2.05, 4.69) is 5.32 Å². The summed E-state index contributed by atoms with van der Waals surface area (Å²) < 4.78 is 0. The summed E-state index contributed by atoms with van der Waals surface area (Å²) in [4.78, 5) is 25.4. The molecule has 1 fully saturated rings. The Morgan fingerprint density at radius 1 is 1.13 bits per heavy atom. The van der Waals surface area contributed by atoms with Crippen molar-refractivity contribution in [1.82, 2.24) is 0 Å². The van der Waals surface area contributed by atoms with Gasteiger partial charge in [-0.05, 0) is 29.9 Å². The monoisotopic (exact) mass is 309 g/mol. The molecule has 0 bridgehead atoms. The summed E-state index contributed by atoms with van der Waals surface area (Å²) in [5.74, 6) is -0.628. The van der Waals surface area contributed by atoms with E-state index in [1.54, 1.807) is 0 Å². The molecule has 0 saturated heterocycles. The molecule has 3 unspecified atom stereocenters. The van der Waals surface area contributed by atoms with Gasteiger partial charge in [0.25, 0.3) is 0 Å². The zero-order chi connectivity index (χ0) is 16.1. The summed E-state index contributed by atoms with van der Waals surface area (Å²) in [7, 11) is 1.87. The highest BCUT2D eigenvalue weighted by molar-refractivity contribution is 6.21. The maximum atomic E-state index is 13.0. The number of carbonyl (C=O) groups excluding carboxylic acids is 2. The fourth-order valence-electron chi connectivity index (χ4n) is 4.20. The van der Waals surface area contributed by atoms with E-state index in [9.17, 15) is 14.7 Å². The number of carbonyl (C=O) groups is 2. The summed E-state index contributed by atoms with van der Waals surface area (Å²) in [6.07, 6.45) is 0.792. The number of hydrogen-bond acceptors (Lipinski definition) is 4. The summed E-state index contributed by atoms with van der Waals surface area (Å²) in [5, 5.41) is 14.9. The van der Waals surface area contributed by atoms with Crippen LogP contribution in [0.25, 0.3) is 10.8 Å². The smallest absolute Gasteiger partial charge is 0.171 e. The molecule has 2 aliphatic rings. The molecule has 0 radical (unpaired) electrons. The van der Waals surface area contributed by atoms with Crippen LogP contribution >= 0.6 is 0 Å². The van der Waals surface area contributed by atoms with Gasteiger partial charge in [-0.25, -0.2) is 0 Å². The van der Waals surface area contributed by atoms with Crippen LogP contribution in [-0.2, 0) is 4.79 Å². The molecule has 0 spiro atoms. The number of ketones is 2. The van der Waals surface area contributed by atoms with Crippen molar-refractivity contribution in [2.75, 3.05) is 12.4 Å². The van der Waals surface area contributed by atoms with Gasteiger partial charge in [0.1, 0.15) is 5.78 Å². The molecule has 0 amide bonds. The third-order valence-corrected chi connectivity index (χ3v) is 5.29. The zero-order valence-corrected chi connectivity index (χ0v) is 13.0. The first-order valence-electron chi connectivity index (χ1n) is 8.10. The van der Waals surface area contributed by atoms with E-state index in [4.69, 9.17) is 0 Å².